The number of anilines is 1. The average molecular weight is 441 g/mol. The van der Waals surface area contributed by atoms with Crippen molar-refractivity contribution in [2.45, 2.75) is 32.7 Å². The van der Waals surface area contributed by atoms with E-state index in [1.807, 2.05) is 0 Å². The van der Waals surface area contributed by atoms with Crippen LogP contribution in [-0.4, -0.2) is 40.7 Å². The van der Waals surface area contributed by atoms with Crippen LogP contribution in [0.25, 0.3) is 11.4 Å². The van der Waals surface area contributed by atoms with Crippen molar-refractivity contribution < 1.29 is 19.9 Å². The number of benzene rings is 1. The van der Waals surface area contributed by atoms with Crippen molar-refractivity contribution >= 4 is 17.4 Å². The van der Waals surface area contributed by atoms with Gasteiger partial charge in [-0.3, -0.25) is 4.79 Å². The van der Waals surface area contributed by atoms with Gasteiger partial charge >= 0.3 is 0 Å². The van der Waals surface area contributed by atoms with Gasteiger partial charge in [0.05, 0.1) is 6.07 Å². The second kappa shape index (κ2) is 8.78. The molecule has 0 bridgehead atoms. The van der Waals surface area contributed by atoms with Gasteiger partial charge in [0.25, 0.3) is 0 Å². The second-order valence-electron chi connectivity index (χ2n) is 8.56. The van der Waals surface area contributed by atoms with Crippen LogP contribution in [0, 0.1) is 35.4 Å². The number of amides is 1. The summed E-state index contributed by atoms with van der Waals surface area (Å²) >= 11 is 0. The molecule has 1 atom stereocenters. The standard InChI is InChI=1S/C22H26FN7O2/c1-13-17(23)6-15(7-18(13)29-32)19-26-9-16(10-27-21(31)22(12-25)3-4-22)20(28-19)30-5-2-14(8-24)11-30/h6-7,9,14,29,32H,2-5,8,10-11,24H2,1H3,(H,27,31)/p+1. The van der Waals surface area contributed by atoms with Crippen LogP contribution in [0.4, 0.5) is 15.9 Å². The molecule has 2 aromatic rings. The Morgan fingerprint density at radius 3 is 2.91 bits per heavy atom. The van der Waals surface area contributed by atoms with Crippen LogP contribution in [0.5, 0.6) is 0 Å². The van der Waals surface area contributed by atoms with Crippen LogP contribution in [0.15, 0.2) is 18.3 Å². The number of quaternary nitrogens is 1. The molecular weight excluding hydrogens is 413 g/mol. The lowest BCUT2D eigenvalue weighted by atomic mass is 10.1. The molecule has 168 valence electrons. The van der Waals surface area contributed by atoms with Gasteiger partial charge in [0.2, 0.25) is 5.91 Å². The summed E-state index contributed by atoms with van der Waals surface area (Å²) in [5.74, 6) is 0.587. The molecule has 4 rings (SSSR count). The van der Waals surface area contributed by atoms with E-state index < -0.39 is 11.2 Å². The molecule has 1 aromatic carbocycles. The van der Waals surface area contributed by atoms with E-state index in [1.54, 1.807) is 19.2 Å². The Labute approximate surface area is 185 Å². The average Bonchev–Trinajstić information content (AvgIpc) is 3.48. The quantitative estimate of drug-likeness (QED) is 0.369. The Kier molecular flexibility index (Phi) is 6.06. The molecule has 9 nitrogen and oxygen atoms in total. The molecule has 2 fully saturated rings. The number of hydrogen-bond acceptors (Lipinski definition) is 7. The summed E-state index contributed by atoms with van der Waals surface area (Å²) in [7, 11) is 0. The Morgan fingerprint density at radius 2 is 2.28 bits per heavy atom. The lowest BCUT2D eigenvalue weighted by molar-refractivity contribution is -0.826. The predicted octanol–water partition coefficient (Wildman–Crippen LogP) is 0.880. The highest BCUT2D eigenvalue weighted by molar-refractivity contribution is 5.88. The first kappa shape index (κ1) is 22.1. The maximum absolute atomic E-state index is 14.4. The van der Waals surface area contributed by atoms with Crippen LogP contribution in [0.1, 0.15) is 30.4 Å². The maximum Gasteiger partial charge on any atom is 0.240 e. The largest absolute Gasteiger partial charge is 0.356 e. The lowest BCUT2D eigenvalue weighted by Crippen LogP contribution is -2.74. The third kappa shape index (κ3) is 4.14. The summed E-state index contributed by atoms with van der Waals surface area (Å²) in [5.41, 5.74) is 7.67. The van der Waals surface area contributed by atoms with E-state index in [4.69, 9.17) is 10.7 Å². The highest BCUT2D eigenvalue weighted by atomic mass is 19.1. The summed E-state index contributed by atoms with van der Waals surface area (Å²) in [6.45, 7) is 3.85. The summed E-state index contributed by atoms with van der Waals surface area (Å²) in [4.78, 5) is 23.6. The summed E-state index contributed by atoms with van der Waals surface area (Å²) in [6.07, 6.45) is 3.71. The number of nitrogens with zero attached hydrogens (tertiary/aromatic N) is 4. The number of hydrogen-bond donors (Lipinski definition) is 4. The Bertz CT molecular complexity index is 1080. The SMILES string of the molecule is Cc1c(F)cc(-c2ncc(CNC(=O)C3(C#N)CC3)c(N3CCC(CN)C3)n2)cc1[NH2+]O. The van der Waals surface area contributed by atoms with Crippen molar-refractivity contribution in [3.63, 3.8) is 0 Å². The zero-order chi connectivity index (χ0) is 22.9. The van der Waals surface area contributed by atoms with E-state index in [9.17, 15) is 19.7 Å². The second-order valence-corrected chi connectivity index (χ2v) is 8.56. The predicted molar refractivity (Wildman–Crippen MR) is 114 cm³/mol. The minimum Gasteiger partial charge on any atom is -0.356 e. The number of nitriles is 1. The molecule has 6 N–H and O–H groups in total. The van der Waals surface area contributed by atoms with E-state index in [0.717, 1.165) is 30.6 Å². The number of halogens is 1. The zero-order valence-electron chi connectivity index (χ0n) is 17.9. The number of carbonyl (C=O) groups excluding carboxylic acids is 1. The molecule has 2 aliphatic rings. The first-order valence-corrected chi connectivity index (χ1v) is 10.7. The summed E-state index contributed by atoms with van der Waals surface area (Å²) in [6, 6.07) is 5.08. The zero-order valence-corrected chi connectivity index (χ0v) is 17.9. The van der Waals surface area contributed by atoms with Crippen LogP contribution in [0.2, 0.25) is 0 Å². The van der Waals surface area contributed by atoms with Crippen LogP contribution < -0.4 is 21.4 Å². The molecular formula is C22H27FN7O2+. The van der Waals surface area contributed by atoms with Crippen LogP contribution >= 0.6 is 0 Å². The lowest BCUT2D eigenvalue weighted by Gasteiger charge is -2.22. The van der Waals surface area contributed by atoms with Gasteiger partial charge in [-0.15, -0.1) is 0 Å². The third-order valence-electron chi connectivity index (χ3n) is 6.38. The van der Waals surface area contributed by atoms with E-state index in [2.05, 4.69) is 21.3 Å². The number of rotatable bonds is 7. The van der Waals surface area contributed by atoms with Gasteiger partial charge in [0.1, 0.15) is 17.1 Å². The number of nitrogens with two attached hydrogens (primary N) is 2. The molecule has 2 heterocycles. The highest BCUT2D eigenvalue weighted by Crippen LogP contribution is 2.45. The van der Waals surface area contributed by atoms with Gasteiger partial charge in [-0.2, -0.15) is 10.7 Å². The van der Waals surface area contributed by atoms with Crippen molar-refractivity contribution in [3.05, 3.63) is 35.3 Å². The molecule has 1 aliphatic carbocycles. The van der Waals surface area contributed by atoms with Gasteiger partial charge in [-0.05, 0) is 44.7 Å². The number of nitrogens with one attached hydrogen (secondary N) is 1. The first-order chi connectivity index (χ1) is 15.4. The highest BCUT2D eigenvalue weighted by Gasteiger charge is 2.50. The van der Waals surface area contributed by atoms with Crippen LogP contribution in [-0.2, 0) is 11.3 Å². The van der Waals surface area contributed by atoms with Crippen molar-refractivity contribution in [1.29, 1.82) is 5.26 Å². The fourth-order valence-corrected chi connectivity index (χ4v) is 3.98. The number of aromatic nitrogens is 2. The van der Waals surface area contributed by atoms with Crippen molar-refractivity contribution in [1.82, 2.24) is 15.3 Å². The van der Waals surface area contributed by atoms with Crippen LogP contribution in [0.3, 0.4) is 0 Å². The minimum atomic E-state index is -0.907. The van der Waals surface area contributed by atoms with E-state index in [-0.39, 0.29) is 12.5 Å². The molecule has 0 radical (unpaired) electrons. The molecule has 1 saturated heterocycles. The summed E-state index contributed by atoms with van der Waals surface area (Å²) in [5, 5.41) is 21.5. The third-order valence-corrected chi connectivity index (χ3v) is 6.38. The van der Waals surface area contributed by atoms with Gasteiger partial charge in [-0.1, -0.05) is 0 Å². The molecule has 1 saturated carbocycles. The molecule has 1 aromatic heterocycles. The van der Waals surface area contributed by atoms with E-state index >= 15 is 0 Å². The topological polar surface area (TPSA) is 145 Å². The molecule has 32 heavy (non-hydrogen) atoms. The Hall–Kier alpha value is -3.13. The summed E-state index contributed by atoms with van der Waals surface area (Å²) < 4.78 is 14.4. The molecule has 0 spiro atoms. The fourth-order valence-electron chi connectivity index (χ4n) is 3.98. The van der Waals surface area contributed by atoms with E-state index in [0.29, 0.717) is 53.8 Å². The molecule has 10 heteroatoms. The van der Waals surface area contributed by atoms with Gasteiger partial charge in [0, 0.05) is 48.6 Å². The molecule has 1 amide bonds. The normalized spacial score (nSPS) is 19.0. The number of carbonyl (C=O) groups is 1. The van der Waals surface area contributed by atoms with Gasteiger partial charge < -0.3 is 16.0 Å². The van der Waals surface area contributed by atoms with Crippen molar-refractivity contribution in [2.75, 3.05) is 24.5 Å². The smallest absolute Gasteiger partial charge is 0.240 e. The van der Waals surface area contributed by atoms with Crippen molar-refractivity contribution in [3.8, 4) is 17.5 Å². The Morgan fingerprint density at radius 1 is 1.50 bits per heavy atom. The Balaban J connectivity index is 1.66. The van der Waals surface area contributed by atoms with Crippen molar-refractivity contribution in [2.24, 2.45) is 17.1 Å². The van der Waals surface area contributed by atoms with Gasteiger partial charge in [0.15, 0.2) is 11.5 Å². The van der Waals surface area contributed by atoms with E-state index in [1.165, 1.54) is 6.07 Å². The fraction of sp³-hybridized carbons (Fsp3) is 0.455. The first-order valence-electron chi connectivity index (χ1n) is 10.7. The van der Waals surface area contributed by atoms with Gasteiger partial charge in [-0.25, -0.2) is 19.6 Å². The maximum atomic E-state index is 14.4. The monoisotopic (exact) mass is 440 g/mol. The minimum absolute atomic E-state index is 0.194. The molecule has 1 aliphatic heterocycles. The molecule has 1 unspecified atom stereocenters.